The number of fused-ring (bicyclic) bond motifs is 2. The Morgan fingerprint density at radius 3 is 2.74 bits per heavy atom. The van der Waals surface area contributed by atoms with Gasteiger partial charge in [0, 0.05) is 37.7 Å². The third-order valence-corrected chi connectivity index (χ3v) is 6.15. The van der Waals surface area contributed by atoms with E-state index in [-0.39, 0.29) is 23.7 Å². The van der Waals surface area contributed by atoms with Gasteiger partial charge in [-0.25, -0.2) is 4.98 Å². The number of amides is 1. The lowest BCUT2D eigenvalue weighted by molar-refractivity contribution is -0.146. The van der Waals surface area contributed by atoms with E-state index in [1.807, 2.05) is 19.1 Å². The van der Waals surface area contributed by atoms with Crippen molar-refractivity contribution in [2.75, 3.05) is 11.4 Å². The Kier molecular flexibility index (Phi) is 6.58. The SMILES string of the molecule is CC(=O)N1CCc2cc(C(=O)[C@@H](C)OC(=O)CCCn3cnc4c(C)cccc4c3=O)ccc21. The molecule has 0 saturated carbocycles. The van der Waals surface area contributed by atoms with Crippen LogP contribution in [0.5, 0.6) is 0 Å². The summed E-state index contributed by atoms with van der Waals surface area (Å²) in [5, 5.41) is 0.546. The molecule has 0 N–H and O–H groups in total. The summed E-state index contributed by atoms with van der Waals surface area (Å²) in [6.07, 6.45) is 1.72. The van der Waals surface area contributed by atoms with Gasteiger partial charge in [-0.3, -0.25) is 23.7 Å². The molecule has 0 fully saturated rings. The predicted octanol–water partition coefficient (Wildman–Crippen LogP) is 3.21. The Bertz CT molecular complexity index is 1340. The molecule has 0 radical (unpaired) electrons. The summed E-state index contributed by atoms with van der Waals surface area (Å²) in [6, 6.07) is 10.7. The Morgan fingerprint density at radius 2 is 1.97 bits per heavy atom. The third-order valence-electron chi connectivity index (χ3n) is 6.15. The Labute approximate surface area is 197 Å². The molecule has 1 aliphatic heterocycles. The van der Waals surface area contributed by atoms with Gasteiger partial charge in [0.2, 0.25) is 11.7 Å². The van der Waals surface area contributed by atoms with Gasteiger partial charge in [-0.1, -0.05) is 12.1 Å². The molecule has 0 spiro atoms. The summed E-state index contributed by atoms with van der Waals surface area (Å²) < 4.78 is 6.83. The molecule has 8 nitrogen and oxygen atoms in total. The number of para-hydroxylation sites is 1. The van der Waals surface area contributed by atoms with Crippen molar-refractivity contribution in [3.63, 3.8) is 0 Å². The average Bonchev–Trinajstić information content (AvgIpc) is 3.24. The zero-order valence-corrected chi connectivity index (χ0v) is 19.5. The number of esters is 1. The predicted molar refractivity (Wildman–Crippen MR) is 128 cm³/mol. The number of hydrogen-bond acceptors (Lipinski definition) is 6. The molecule has 2 aromatic carbocycles. The highest BCUT2D eigenvalue weighted by molar-refractivity contribution is 6.01. The van der Waals surface area contributed by atoms with Crippen LogP contribution in [0.3, 0.4) is 0 Å². The van der Waals surface area contributed by atoms with Crippen LogP contribution in [0.4, 0.5) is 5.69 Å². The Balaban J connectivity index is 1.33. The second kappa shape index (κ2) is 9.59. The van der Waals surface area contributed by atoms with Crippen molar-refractivity contribution in [1.29, 1.82) is 0 Å². The Morgan fingerprint density at radius 1 is 1.18 bits per heavy atom. The molecule has 1 amide bonds. The summed E-state index contributed by atoms with van der Waals surface area (Å²) in [4.78, 5) is 55.5. The van der Waals surface area contributed by atoms with E-state index in [4.69, 9.17) is 4.74 Å². The number of Topliss-reactive ketones (excluding diaryl/α,β-unsaturated/α-hetero) is 1. The van der Waals surface area contributed by atoms with E-state index >= 15 is 0 Å². The van der Waals surface area contributed by atoms with Gasteiger partial charge >= 0.3 is 5.97 Å². The molecule has 1 aromatic heterocycles. The number of nitrogens with zero attached hydrogens (tertiary/aromatic N) is 3. The number of carbonyl (C=O) groups excluding carboxylic acids is 3. The van der Waals surface area contributed by atoms with Gasteiger partial charge in [0.05, 0.1) is 17.2 Å². The van der Waals surface area contributed by atoms with E-state index in [1.54, 1.807) is 36.1 Å². The van der Waals surface area contributed by atoms with Gasteiger partial charge in [0.15, 0.2) is 6.10 Å². The molecule has 4 rings (SSSR count). The lowest BCUT2D eigenvalue weighted by Gasteiger charge is -2.16. The lowest BCUT2D eigenvalue weighted by atomic mass is 10.0. The van der Waals surface area contributed by atoms with Crippen LogP contribution in [0.25, 0.3) is 10.9 Å². The van der Waals surface area contributed by atoms with Crippen LogP contribution in [0.15, 0.2) is 47.5 Å². The normalized spacial score (nSPS) is 13.6. The van der Waals surface area contributed by atoms with Crippen molar-refractivity contribution in [1.82, 2.24) is 9.55 Å². The Hall–Kier alpha value is -3.81. The molecular weight excluding hydrogens is 434 g/mol. The molecule has 1 atom stereocenters. The molecule has 1 aliphatic rings. The number of rotatable bonds is 7. The van der Waals surface area contributed by atoms with Crippen molar-refractivity contribution in [3.8, 4) is 0 Å². The van der Waals surface area contributed by atoms with Crippen molar-refractivity contribution >= 4 is 34.3 Å². The molecule has 0 unspecified atom stereocenters. The van der Waals surface area contributed by atoms with E-state index in [0.29, 0.717) is 42.4 Å². The van der Waals surface area contributed by atoms with Crippen LogP contribution in [0, 0.1) is 6.92 Å². The van der Waals surface area contributed by atoms with Gasteiger partial charge in [-0.2, -0.15) is 0 Å². The molecule has 34 heavy (non-hydrogen) atoms. The third kappa shape index (κ3) is 4.62. The van der Waals surface area contributed by atoms with Crippen LogP contribution in [-0.4, -0.2) is 39.9 Å². The minimum absolute atomic E-state index is 0.0306. The van der Waals surface area contributed by atoms with E-state index in [9.17, 15) is 19.2 Å². The zero-order chi connectivity index (χ0) is 24.4. The number of anilines is 1. The lowest BCUT2D eigenvalue weighted by Crippen LogP contribution is -2.26. The number of ketones is 1. The maximum Gasteiger partial charge on any atom is 0.306 e. The fourth-order valence-corrected chi connectivity index (χ4v) is 4.32. The molecule has 176 valence electrons. The maximum absolute atomic E-state index is 12.8. The minimum atomic E-state index is -0.927. The van der Waals surface area contributed by atoms with Crippen molar-refractivity contribution in [2.45, 2.75) is 52.7 Å². The number of carbonyl (C=O) groups is 3. The van der Waals surface area contributed by atoms with Gasteiger partial charge in [-0.05, 0) is 62.1 Å². The standard InChI is InChI=1S/C26H27N3O5/c1-16-6-4-7-21-24(16)27-15-28(26(21)33)12-5-8-23(31)34-17(2)25(32)20-9-10-22-19(14-20)11-13-29(22)18(3)30/h4,6-7,9-10,14-15,17H,5,8,11-13H2,1-3H3/t17-/m1/s1. The molecule has 3 aromatic rings. The highest BCUT2D eigenvalue weighted by atomic mass is 16.5. The van der Waals surface area contributed by atoms with E-state index in [0.717, 1.165) is 16.8 Å². The topological polar surface area (TPSA) is 98.6 Å². The summed E-state index contributed by atoms with van der Waals surface area (Å²) >= 11 is 0. The highest BCUT2D eigenvalue weighted by Gasteiger charge is 2.25. The number of aromatic nitrogens is 2. The van der Waals surface area contributed by atoms with Gasteiger partial charge < -0.3 is 9.64 Å². The highest BCUT2D eigenvalue weighted by Crippen LogP contribution is 2.29. The van der Waals surface area contributed by atoms with E-state index in [1.165, 1.54) is 17.8 Å². The summed E-state index contributed by atoms with van der Waals surface area (Å²) in [5.74, 6) is -0.817. The molecule has 2 heterocycles. The molecule has 8 heteroatoms. The largest absolute Gasteiger partial charge is 0.454 e. The van der Waals surface area contributed by atoms with Crippen LogP contribution in [0.2, 0.25) is 0 Å². The van der Waals surface area contributed by atoms with Crippen molar-refractivity contribution in [3.05, 3.63) is 69.8 Å². The first-order valence-corrected chi connectivity index (χ1v) is 11.4. The van der Waals surface area contributed by atoms with Gasteiger partial charge in [-0.15, -0.1) is 0 Å². The second-order valence-electron chi connectivity index (χ2n) is 8.58. The summed E-state index contributed by atoms with van der Waals surface area (Å²) in [5.41, 5.74) is 3.67. The monoisotopic (exact) mass is 461 g/mol. The minimum Gasteiger partial charge on any atom is -0.454 e. The number of hydrogen-bond donors (Lipinski definition) is 0. The van der Waals surface area contributed by atoms with Gasteiger partial charge in [0.1, 0.15) is 0 Å². The molecule has 0 aliphatic carbocycles. The van der Waals surface area contributed by atoms with E-state index < -0.39 is 12.1 Å². The first-order valence-electron chi connectivity index (χ1n) is 11.4. The fraction of sp³-hybridized carbons (Fsp3) is 0.346. The molecular formula is C26H27N3O5. The van der Waals surface area contributed by atoms with Gasteiger partial charge in [0.25, 0.3) is 5.56 Å². The number of benzene rings is 2. The summed E-state index contributed by atoms with van der Waals surface area (Å²) in [7, 11) is 0. The smallest absolute Gasteiger partial charge is 0.306 e. The van der Waals surface area contributed by atoms with Crippen LogP contribution in [-0.2, 0) is 27.3 Å². The molecule has 0 saturated heterocycles. The maximum atomic E-state index is 12.8. The summed E-state index contributed by atoms with van der Waals surface area (Å²) in [6.45, 7) is 5.90. The van der Waals surface area contributed by atoms with Crippen molar-refractivity contribution in [2.24, 2.45) is 0 Å². The second-order valence-corrected chi connectivity index (χ2v) is 8.58. The fourth-order valence-electron chi connectivity index (χ4n) is 4.32. The number of aryl methyl sites for hydroxylation is 2. The first kappa shape index (κ1) is 23.4. The van der Waals surface area contributed by atoms with E-state index in [2.05, 4.69) is 4.98 Å². The first-order chi connectivity index (χ1) is 16.3. The molecule has 0 bridgehead atoms. The van der Waals surface area contributed by atoms with Crippen LogP contribution < -0.4 is 10.5 Å². The van der Waals surface area contributed by atoms with Crippen LogP contribution >= 0.6 is 0 Å². The van der Waals surface area contributed by atoms with Crippen LogP contribution in [0.1, 0.15) is 48.2 Å². The van der Waals surface area contributed by atoms with Crippen molar-refractivity contribution < 1.29 is 19.1 Å². The quantitative estimate of drug-likeness (QED) is 0.396. The average molecular weight is 462 g/mol. The number of ether oxygens (including phenoxy) is 1. The zero-order valence-electron chi connectivity index (χ0n) is 19.5.